The largest absolute Gasteiger partial charge is 0.491 e. The minimum Gasteiger partial charge on any atom is -0.491 e. The van der Waals surface area contributed by atoms with E-state index in [0.717, 1.165) is 37.4 Å². The molecule has 2 N–H and O–H groups in total. The molecule has 6 heteroatoms. The molecule has 0 spiro atoms. The Balaban J connectivity index is 1.89. The molecule has 162 valence electrons. The Labute approximate surface area is 179 Å². The summed E-state index contributed by atoms with van der Waals surface area (Å²) in [6.07, 6.45) is 1.95. The van der Waals surface area contributed by atoms with Gasteiger partial charge in [0, 0.05) is 36.1 Å². The number of amides is 2. The van der Waals surface area contributed by atoms with E-state index in [2.05, 4.69) is 24.5 Å². The Morgan fingerprint density at radius 3 is 2.23 bits per heavy atom. The highest BCUT2D eigenvalue weighted by Gasteiger charge is 2.14. The fourth-order valence-corrected chi connectivity index (χ4v) is 3.07. The van der Waals surface area contributed by atoms with Gasteiger partial charge in [0.25, 0.3) is 5.91 Å². The summed E-state index contributed by atoms with van der Waals surface area (Å²) < 4.78 is 5.65. The van der Waals surface area contributed by atoms with E-state index in [-0.39, 0.29) is 24.5 Å². The van der Waals surface area contributed by atoms with Crippen LogP contribution in [0, 0.1) is 0 Å². The van der Waals surface area contributed by atoms with Crippen LogP contribution in [0.2, 0.25) is 0 Å². The number of carbonyl (C=O) groups is 2. The van der Waals surface area contributed by atoms with Gasteiger partial charge in [-0.2, -0.15) is 0 Å². The van der Waals surface area contributed by atoms with Gasteiger partial charge in [0.05, 0.1) is 12.6 Å². The minimum absolute atomic E-state index is 0.0477. The van der Waals surface area contributed by atoms with Gasteiger partial charge in [0.2, 0.25) is 5.91 Å². The standard InChI is InChI=1S/C24H33N3O3/c1-5-14-27(15-6-2)24(29)19-10-12-20(13-11-19)25-17-23(28)26-21-8-7-9-22(16-21)30-18(3)4/h7-13,16,18,25H,5-6,14-15,17H2,1-4H3,(H,26,28). The molecule has 0 aromatic heterocycles. The van der Waals surface area contributed by atoms with E-state index in [0.29, 0.717) is 11.3 Å². The number of nitrogens with one attached hydrogen (secondary N) is 2. The summed E-state index contributed by atoms with van der Waals surface area (Å²) in [4.78, 5) is 26.8. The van der Waals surface area contributed by atoms with E-state index in [4.69, 9.17) is 4.74 Å². The molecule has 0 aliphatic rings. The number of benzene rings is 2. The molecule has 0 saturated heterocycles. The number of anilines is 2. The first-order valence-electron chi connectivity index (χ1n) is 10.6. The molecule has 0 aliphatic heterocycles. The Bertz CT molecular complexity index is 813. The second-order valence-electron chi connectivity index (χ2n) is 7.47. The van der Waals surface area contributed by atoms with Crippen LogP contribution in [0.25, 0.3) is 0 Å². The van der Waals surface area contributed by atoms with Crippen molar-refractivity contribution in [2.45, 2.75) is 46.6 Å². The molecule has 0 fully saturated rings. The average Bonchev–Trinajstić information content (AvgIpc) is 2.72. The summed E-state index contributed by atoms with van der Waals surface area (Å²) in [6, 6.07) is 14.6. The van der Waals surface area contributed by atoms with Crippen LogP contribution in [0.15, 0.2) is 48.5 Å². The second kappa shape index (κ2) is 11.9. The number of hydrogen-bond acceptors (Lipinski definition) is 4. The molecule has 0 radical (unpaired) electrons. The molecule has 0 saturated carbocycles. The monoisotopic (exact) mass is 411 g/mol. The van der Waals surface area contributed by atoms with Gasteiger partial charge in [0.1, 0.15) is 5.75 Å². The SMILES string of the molecule is CCCN(CCC)C(=O)c1ccc(NCC(=O)Nc2cccc(OC(C)C)c2)cc1. The topological polar surface area (TPSA) is 70.7 Å². The minimum atomic E-state index is -0.158. The first-order valence-corrected chi connectivity index (χ1v) is 10.6. The van der Waals surface area contributed by atoms with Gasteiger partial charge < -0.3 is 20.3 Å². The normalized spacial score (nSPS) is 10.6. The van der Waals surface area contributed by atoms with Gasteiger partial charge >= 0.3 is 0 Å². The summed E-state index contributed by atoms with van der Waals surface area (Å²) in [5, 5.41) is 5.95. The van der Waals surface area contributed by atoms with E-state index in [1.807, 2.05) is 49.1 Å². The molecule has 0 unspecified atom stereocenters. The van der Waals surface area contributed by atoms with E-state index in [1.54, 1.807) is 18.2 Å². The number of ether oxygens (including phenoxy) is 1. The van der Waals surface area contributed by atoms with Crippen LogP contribution in [-0.4, -0.2) is 42.5 Å². The van der Waals surface area contributed by atoms with Crippen LogP contribution >= 0.6 is 0 Å². The van der Waals surface area contributed by atoms with E-state index < -0.39 is 0 Å². The summed E-state index contributed by atoms with van der Waals surface area (Å²) in [5.74, 6) is 0.608. The fraction of sp³-hybridized carbons (Fsp3) is 0.417. The first kappa shape index (κ1) is 23.3. The van der Waals surface area contributed by atoms with Gasteiger partial charge in [-0.3, -0.25) is 9.59 Å². The van der Waals surface area contributed by atoms with Crippen molar-refractivity contribution in [2.75, 3.05) is 30.3 Å². The molecule has 0 atom stereocenters. The van der Waals surface area contributed by atoms with Crippen molar-refractivity contribution in [3.05, 3.63) is 54.1 Å². The average molecular weight is 412 g/mol. The summed E-state index contributed by atoms with van der Waals surface area (Å²) in [6.45, 7) is 9.70. The lowest BCUT2D eigenvalue weighted by Crippen LogP contribution is -2.32. The van der Waals surface area contributed by atoms with Crippen LogP contribution < -0.4 is 15.4 Å². The van der Waals surface area contributed by atoms with Crippen LogP contribution in [-0.2, 0) is 4.79 Å². The van der Waals surface area contributed by atoms with Gasteiger partial charge in [0.15, 0.2) is 0 Å². The maximum Gasteiger partial charge on any atom is 0.253 e. The Morgan fingerprint density at radius 1 is 0.967 bits per heavy atom. The zero-order valence-electron chi connectivity index (χ0n) is 18.4. The predicted octanol–water partition coefficient (Wildman–Crippen LogP) is 4.79. The fourth-order valence-electron chi connectivity index (χ4n) is 3.07. The zero-order valence-corrected chi connectivity index (χ0v) is 18.4. The Kier molecular flexibility index (Phi) is 9.19. The van der Waals surface area contributed by atoms with Crippen LogP contribution in [0.1, 0.15) is 50.9 Å². The zero-order chi connectivity index (χ0) is 21.9. The van der Waals surface area contributed by atoms with Crippen LogP contribution in [0.5, 0.6) is 5.75 Å². The van der Waals surface area contributed by atoms with Crippen LogP contribution in [0.3, 0.4) is 0 Å². The molecule has 6 nitrogen and oxygen atoms in total. The molecule has 0 bridgehead atoms. The molecule has 30 heavy (non-hydrogen) atoms. The molecule has 2 rings (SSSR count). The van der Waals surface area contributed by atoms with Gasteiger partial charge in [-0.1, -0.05) is 19.9 Å². The Hall–Kier alpha value is -3.02. The summed E-state index contributed by atoms with van der Waals surface area (Å²) in [5.41, 5.74) is 2.14. The molecule has 2 amide bonds. The number of hydrogen-bond donors (Lipinski definition) is 2. The third-order valence-corrected chi connectivity index (χ3v) is 4.35. The third-order valence-electron chi connectivity index (χ3n) is 4.35. The van der Waals surface area contributed by atoms with Gasteiger partial charge in [-0.25, -0.2) is 0 Å². The number of rotatable bonds is 11. The second-order valence-corrected chi connectivity index (χ2v) is 7.47. The predicted molar refractivity (Wildman–Crippen MR) is 122 cm³/mol. The van der Waals surface area contributed by atoms with Crippen molar-refractivity contribution in [3.8, 4) is 5.75 Å². The summed E-state index contributed by atoms with van der Waals surface area (Å²) in [7, 11) is 0. The lowest BCUT2D eigenvalue weighted by atomic mass is 10.1. The highest BCUT2D eigenvalue weighted by molar-refractivity contribution is 5.95. The van der Waals surface area contributed by atoms with Crippen molar-refractivity contribution in [2.24, 2.45) is 0 Å². The van der Waals surface area contributed by atoms with Crippen molar-refractivity contribution >= 4 is 23.2 Å². The Morgan fingerprint density at radius 2 is 1.63 bits per heavy atom. The molecule has 0 aliphatic carbocycles. The molecule has 0 heterocycles. The van der Waals surface area contributed by atoms with Crippen molar-refractivity contribution in [1.29, 1.82) is 0 Å². The van der Waals surface area contributed by atoms with Crippen molar-refractivity contribution in [3.63, 3.8) is 0 Å². The van der Waals surface area contributed by atoms with Gasteiger partial charge in [-0.15, -0.1) is 0 Å². The third kappa shape index (κ3) is 7.43. The van der Waals surface area contributed by atoms with Crippen LogP contribution in [0.4, 0.5) is 11.4 Å². The molecular weight excluding hydrogens is 378 g/mol. The quantitative estimate of drug-likeness (QED) is 0.558. The summed E-state index contributed by atoms with van der Waals surface area (Å²) >= 11 is 0. The molecule has 2 aromatic carbocycles. The highest BCUT2D eigenvalue weighted by Crippen LogP contribution is 2.18. The lowest BCUT2D eigenvalue weighted by molar-refractivity contribution is -0.114. The smallest absolute Gasteiger partial charge is 0.253 e. The molecular formula is C24H33N3O3. The lowest BCUT2D eigenvalue weighted by Gasteiger charge is -2.21. The van der Waals surface area contributed by atoms with E-state index in [9.17, 15) is 9.59 Å². The highest BCUT2D eigenvalue weighted by atomic mass is 16.5. The first-order chi connectivity index (χ1) is 14.4. The van der Waals surface area contributed by atoms with Crippen molar-refractivity contribution in [1.82, 2.24) is 4.90 Å². The maximum absolute atomic E-state index is 12.6. The maximum atomic E-state index is 12.6. The van der Waals surface area contributed by atoms with Crippen molar-refractivity contribution < 1.29 is 14.3 Å². The van der Waals surface area contributed by atoms with E-state index in [1.165, 1.54) is 0 Å². The number of carbonyl (C=O) groups excluding carboxylic acids is 2. The molecule has 2 aromatic rings. The number of nitrogens with zero attached hydrogens (tertiary/aromatic N) is 1. The van der Waals surface area contributed by atoms with E-state index >= 15 is 0 Å². The van der Waals surface area contributed by atoms with Gasteiger partial charge in [-0.05, 0) is 63.1 Å².